The molecule has 0 aliphatic carbocycles. The molecule has 0 spiro atoms. The Hall–Kier alpha value is -1.54. The van der Waals surface area contributed by atoms with Crippen molar-refractivity contribution in [2.75, 3.05) is 19.8 Å². The lowest BCUT2D eigenvalue weighted by molar-refractivity contribution is -0.394. The fourth-order valence-corrected chi connectivity index (χ4v) is 0.801. The molecular formula is C6H10N4O4. The maximum Gasteiger partial charge on any atom is 0.490 e. The second-order valence-electron chi connectivity index (χ2n) is 2.40. The van der Waals surface area contributed by atoms with Gasteiger partial charge < -0.3 is 20.0 Å². The summed E-state index contributed by atoms with van der Waals surface area (Å²) in [6, 6.07) is 0. The second kappa shape index (κ2) is 5.25. The van der Waals surface area contributed by atoms with Crippen LogP contribution in [-0.2, 0) is 11.3 Å². The van der Waals surface area contributed by atoms with Gasteiger partial charge in [0.1, 0.15) is 0 Å². The minimum atomic E-state index is -0.662. The molecule has 0 saturated carbocycles. The molecule has 8 heteroatoms. The number of aromatic nitrogens is 3. The van der Waals surface area contributed by atoms with Crippen LogP contribution in [0.15, 0.2) is 6.33 Å². The zero-order chi connectivity index (χ0) is 10.4. The van der Waals surface area contributed by atoms with Gasteiger partial charge in [0, 0.05) is 5.10 Å². The number of rotatable bonds is 6. The maximum atomic E-state index is 10.2. The number of aliphatic hydroxyl groups is 1. The molecule has 0 bridgehead atoms. The van der Waals surface area contributed by atoms with E-state index in [1.807, 2.05) is 0 Å². The number of nitro groups is 1. The first-order valence-corrected chi connectivity index (χ1v) is 3.96. The summed E-state index contributed by atoms with van der Waals surface area (Å²) in [5.41, 5.74) is 0. The van der Waals surface area contributed by atoms with Gasteiger partial charge in [0.2, 0.25) is 6.33 Å². The van der Waals surface area contributed by atoms with Gasteiger partial charge in [0.05, 0.1) is 26.4 Å². The lowest BCUT2D eigenvalue weighted by Gasteiger charge is -1.98. The van der Waals surface area contributed by atoms with E-state index in [9.17, 15) is 10.1 Å². The topological polar surface area (TPSA) is 103 Å². The van der Waals surface area contributed by atoms with E-state index in [-0.39, 0.29) is 13.2 Å². The number of ether oxygens (including phenoxy) is 1. The third-order valence-electron chi connectivity index (χ3n) is 1.39. The van der Waals surface area contributed by atoms with Gasteiger partial charge in [-0.3, -0.25) is 0 Å². The monoisotopic (exact) mass is 202 g/mol. The Labute approximate surface area is 79.3 Å². The highest BCUT2D eigenvalue weighted by atomic mass is 16.6. The van der Waals surface area contributed by atoms with Gasteiger partial charge >= 0.3 is 5.95 Å². The summed E-state index contributed by atoms with van der Waals surface area (Å²) in [6.45, 7) is 0.913. The van der Waals surface area contributed by atoms with Crippen LogP contribution in [0.3, 0.4) is 0 Å². The Bertz CT molecular complexity index is 300. The Kier molecular flexibility index (Phi) is 3.95. The molecule has 78 valence electrons. The smallest absolute Gasteiger partial charge is 0.394 e. The minimum absolute atomic E-state index is 0.0441. The summed E-state index contributed by atoms with van der Waals surface area (Å²) in [6.07, 6.45) is 1.26. The van der Waals surface area contributed by atoms with E-state index < -0.39 is 10.9 Å². The molecule has 0 radical (unpaired) electrons. The van der Waals surface area contributed by atoms with Crippen molar-refractivity contribution in [3.63, 3.8) is 0 Å². The lowest BCUT2D eigenvalue weighted by atomic mass is 10.7. The molecule has 1 aromatic heterocycles. The zero-order valence-corrected chi connectivity index (χ0v) is 7.37. The lowest BCUT2D eigenvalue weighted by Crippen LogP contribution is -2.09. The maximum absolute atomic E-state index is 10.2. The molecule has 0 fully saturated rings. The molecule has 0 aliphatic heterocycles. The van der Waals surface area contributed by atoms with E-state index in [4.69, 9.17) is 9.84 Å². The molecule has 1 rings (SSSR count). The van der Waals surface area contributed by atoms with Crippen LogP contribution in [0.1, 0.15) is 0 Å². The van der Waals surface area contributed by atoms with Crippen LogP contribution in [0.5, 0.6) is 0 Å². The summed E-state index contributed by atoms with van der Waals surface area (Å²) in [5, 5.41) is 22.2. The van der Waals surface area contributed by atoms with Gasteiger partial charge in [-0.15, -0.1) is 0 Å². The van der Waals surface area contributed by atoms with Crippen molar-refractivity contribution in [1.82, 2.24) is 14.8 Å². The molecule has 1 N–H and O–H groups in total. The number of nitrogens with zero attached hydrogens (tertiary/aromatic N) is 4. The van der Waals surface area contributed by atoms with Crippen LogP contribution in [0, 0.1) is 10.1 Å². The van der Waals surface area contributed by atoms with Crippen LogP contribution < -0.4 is 0 Å². The van der Waals surface area contributed by atoms with Gasteiger partial charge in [-0.25, -0.2) is 0 Å². The highest BCUT2D eigenvalue weighted by Gasteiger charge is 2.12. The van der Waals surface area contributed by atoms with Gasteiger partial charge in [0.15, 0.2) is 0 Å². The molecule has 1 heterocycles. The molecule has 0 saturated heterocycles. The summed E-state index contributed by atoms with van der Waals surface area (Å²) >= 11 is 0. The van der Waals surface area contributed by atoms with E-state index >= 15 is 0 Å². The Morgan fingerprint density at radius 3 is 3.00 bits per heavy atom. The molecular weight excluding hydrogens is 192 g/mol. The summed E-state index contributed by atoms with van der Waals surface area (Å²) in [7, 11) is 0. The van der Waals surface area contributed by atoms with Crippen LogP contribution in [-0.4, -0.2) is 44.6 Å². The fraction of sp³-hybridized carbons (Fsp3) is 0.667. The Morgan fingerprint density at radius 2 is 2.43 bits per heavy atom. The van der Waals surface area contributed by atoms with Crippen LogP contribution >= 0.6 is 0 Å². The second-order valence-corrected chi connectivity index (χ2v) is 2.40. The van der Waals surface area contributed by atoms with E-state index in [2.05, 4.69) is 10.1 Å². The van der Waals surface area contributed by atoms with E-state index in [1.54, 1.807) is 0 Å². The highest BCUT2D eigenvalue weighted by Crippen LogP contribution is 1.98. The van der Waals surface area contributed by atoms with E-state index in [0.717, 1.165) is 0 Å². The summed E-state index contributed by atoms with van der Waals surface area (Å²) in [5.74, 6) is -0.424. The van der Waals surface area contributed by atoms with E-state index in [0.29, 0.717) is 13.2 Å². The van der Waals surface area contributed by atoms with Crippen molar-refractivity contribution >= 4 is 5.95 Å². The van der Waals surface area contributed by atoms with Crippen molar-refractivity contribution in [3.8, 4) is 0 Å². The molecule has 0 aromatic carbocycles. The predicted octanol–water partition coefficient (Wildman–Crippen LogP) is -0.805. The standard InChI is InChI=1S/C6H10N4O4/c11-2-4-14-3-1-9-5-7-6(8-9)10(12)13/h5,11H,1-4H2. The number of hydrogen-bond donors (Lipinski definition) is 1. The molecule has 14 heavy (non-hydrogen) atoms. The molecule has 0 amide bonds. The van der Waals surface area contributed by atoms with Crippen molar-refractivity contribution in [2.24, 2.45) is 0 Å². The quantitative estimate of drug-likeness (QED) is 0.367. The first-order valence-electron chi connectivity index (χ1n) is 3.96. The average molecular weight is 202 g/mol. The molecule has 0 aliphatic rings. The normalized spacial score (nSPS) is 10.4. The van der Waals surface area contributed by atoms with Crippen molar-refractivity contribution in [1.29, 1.82) is 0 Å². The Morgan fingerprint density at radius 1 is 1.64 bits per heavy atom. The Balaban J connectivity index is 2.33. The predicted molar refractivity (Wildman–Crippen MR) is 44.6 cm³/mol. The number of aliphatic hydroxyl groups excluding tert-OH is 1. The highest BCUT2D eigenvalue weighted by molar-refractivity contribution is 4.96. The van der Waals surface area contributed by atoms with Gasteiger partial charge in [-0.05, 0) is 4.92 Å². The summed E-state index contributed by atoms with van der Waals surface area (Å²) in [4.78, 5) is 13.0. The van der Waals surface area contributed by atoms with Gasteiger partial charge in [-0.2, -0.15) is 4.68 Å². The first kappa shape index (κ1) is 10.5. The molecule has 0 atom stereocenters. The molecule has 0 unspecified atom stereocenters. The minimum Gasteiger partial charge on any atom is -0.394 e. The van der Waals surface area contributed by atoms with Crippen molar-refractivity contribution in [3.05, 3.63) is 16.4 Å². The molecule has 1 aromatic rings. The van der Waals surface area contributed by atoms with Crippen LogP contribution in [0.25, 0.3) is 0 Å². The first-order chi connectivity index (χ1) is 6.74. The average Bonchev–Trinajstić information content (AvgIpc) is 2.61. The third-order valence-corrected chi connectivity index (χ3v) is 1.39. The third kappa shape index (κ3) is 3.07. The van der Waals surface area contributed by atoms with Gasteiger partial charge in [0.25, 0.3) is 0 Å². The zero-order valence-electron chi connectivity index (χ0n) is 7.37. The fourth-order valence-electron chi connectivity index (χ4n) is 0.801. The largest absolute Gasteiger partial charge is 0.490 e. The summed E-state index contributed by atoms with van der Waals surface area (Å²) < 4.78 is 6.26. The van der Waals surface area contributed by atoms with E-state index in [1.165, 1.54) is 11.0 Å². The van der Waals surface area contributed by atoms with Crippen LogP contribution in [0.4, 0.5) is 5.95 Å². The SMILES string of the molecule is O=[N+]([O-])c1ncn(CCOCCO)n1. The van der Waals surface area contributed by atoms with Crippen LogP contribution in [0.2, 0.25) is 0 Å². The molecule has 8 nitrogen and oxygen atoms in total. The number of hydrogen-bond acceptors (Lipinski definition) is 6. The van der Waals surface area contributed by atoms with Crippen molar-refractivity contribution < 1.29 is 14.8 Å². The van der Waals surface area contributed by atoms with Crippen molar-refractivity contribution in [2.45, 2.75) is 6.54 Å². The van der Waals surface area contributed by atoms with Gasteiger partial charge in [-0.1, -0.05) is 4.98 Å².